The highest BCUT2D eigenvalue weighted by molar-refractivity contribution is 5.91. The van der Waals surface area contributed by atoms with Crippen LogP contribution >= 0.6 is 0 Å². The van der Waals surface area contributed by atoms with E-state index in [1.807, 2.05) is 43.3 Å². The number of aromatic nitrogens is 4. The van der Waals surface area contributed by atoms with Crippen molar-refractivity contribution in [3.63, 3.8) is 0 Å². The number of nitrogens with one attached hydrogen (secondary N) is 3. The van der Waals surface area contributed by atoms with Crippen LogP contribution in [0.2, 0.25) is 0 Å². The fourth-order valence-corrected chi connectivity index (χ4v) is 5.00. The van der Waals surface area contributed by atoms with Gasteiger partial charge >= 0.3 is 12.0 Å². The van der Waals surface area contributed by atoms with E-state index >= 15 is 0 Å². The molecule has 4 aromatic rings. The van der Waals surface area contributed by atoms with Gasteiger partial charge in [-0.25, -0.2) is 24.5 Å². The first-order chi connectivity index (χ1) is 19.8. The summed E-state index contributed by atoms with van der Waals surface area (Å²) < 4.78 is 5.15. The second kappa shape index (κ2) is 12.1. The Kier molecular flexibility index (Phi) is 8.18. The number of benzene rings is 2. The predicted octanol–water partition coefficient (Wildman–Crippen LogP) is 3.22. The Balaban J connectivity index is 1.17. The van der Waals surface area contributed by atoms with Gasteiger partial charge in [-0.1, -0.05) is 18.2 Å². The van der Waals surface area contributed by atoms with Crippen LogP contribution in [-0.2, 0) is 24.1 Å². The van der Waals surface area contributed by atoms with Crippen LogP contribution in [0.5, 0.6) is 0 Å². The monoisotopic (exact) mass is 557 g/mol. The Hall–Kier alpha value is -4.87. The minimum Gasteiger partial charge on any atom is -0.462 e. The van der Waals surface area contributed by atoms with E-state index in [0.717, 1.165) is 39.6 Å². The van der Waals surface area contributed by atoms with Crippen molar-refractivity contribution in [1.82, 2.24) is 30.2 Å². The molecule has 2 aromatic carbocycles. The van der Waals surface area contributed by atoms with Crippen molar-refractivity contribution < 1.29 is 14.3 Å². The van der Waals surface area contributed by atoms with Crippen molar-refractivity contribution in [2.75, 3.05) is 19.7 Å². The SMILES string of the molecule is CCOC(=O)c1ccccc1CCCNC(=O)N1CCc2nc(C(C)c3nc4ccc(N=C(N)N)cc4[nH]3)[nH]c2C1. The van der Waals surface area contributed by atoms with Gasteiger partial charge in [-0.3, -0.25) is 0 Å². The van der Waals surface area contributed by atoms with Gasteiger partial charge in [-0.05, 0) is 56.5 Å². The lowest BCUT2D eigenvalue weighted by Crippen LogP contribution is -2.43. The lowest BCUT2D eigenvalue weighted by molar-refractivity contribution is 0.0525. The van der Waals surface area contributed by atoms with Crippen LogP contribution in [0.3, 0.4) is 0 Å². The zero-order valence-corrected chi connectivity index (χ0v) is 23.2. The van der Waals surface area contributed by atoms with Gasteiger partial charge in [0.15, 0.2) is 5.96 Å². The Morgan fingerprint density at radius 3 is 2.76 bits per heavy atom. The van der Waals surface area contributed by atoms with E-state index in [1.165, 1.54) is 0 Å². The van der Waals surface area contributed by atoms with Gasteiger partial charge in [0.1, 0.15) is 11.6 Å². The highest BCUT2D eigenvalue weighted by Crippen LogP contribution is 2.27. The number of esters is 1. The zero-order chi connectivity index (χ0) is 28.9. The molecule has 1 aliphatic heterocycles. The number of nitrogens with two attached hydrogens (primary N) is 2. The van der Waals surface area contributed by atoms with Crippen molar-refractivity contribution in [3.8, 4) is 0 Å². The standard InChI is InChI=1S/C29H35N9O3/c1-3-41-27(39)20-9-5-4-7-18(20)8-6-13-32-29(40)38-14-12-22-24(16-38)37-26(35-22)17(2)25-34-21-11-10-19(33-28(30)31)15-23(21)36-25/h4-5,7,9-11,15,17H,3,6,8,12-14,16H2,1-2H3,(H,32,40)(H,34,36)(H,35,37)(H4,30,31,33). The maximum atomic E-state index is 12.9. The molecule has 41 heavy (non-hydrogen) atoms. The van der Waals surface area contributed by atoms with Crippen LogP contribution in [0.4, 0.5) is 10.5 Å². The summed E-state index contributed by atoms with van der Waals surface area (Å²) in [6.45, 7) is 5.69. The van der Waals surface area contributed by atoms with E-state index < -0.39 is 0 Å². The van der Waals surface area contributed by atoms with Gasteiger partial charge in [0.2, 0.25) is 0 Å². The number of imidazole rings is 2. The third-order valence-electron chi connectivity index (χ3n) is 7.11. The molecular weight excluding hydrogens is 522 g/mol. The third kappa shape index (κ3) is 6.32. The molecule has 0 saturated heterocycles. The molecule has 0 spiro atoms. The fraction of sp³-hybridized carbons (Fsp3) is 0.345. The van der Waals surface area contributed by atoms with Crippen LogP contribution in [-0.4, -0.2) is 62.5 Å². The molecule has 0 saturated carbocycles. The number of H-pyrrole nitrogens is 2. The molecule has 2 aromatic heterocycles. The quantitative estimate of drug-likeness (QED) is 0.0906. The number of carbonyl (C=O) groups excluding carboxylic acids is 2. The number of fused-ring (bicyclic) bond motifs is 2. The molecule has 12 heteroatoms. The maximum Gasteiger partial charge on any atom is 0.338 e. The molecule has 0 bridgehead atoms. The minimum atomic E-state index is -0.318. The topological polar surface area (TPSA) is 180 Å². The largest absolute Gasteiger partial charge is 0.462 e. The Morgan fingerprint density at radius 2 is 1.95 bits per heavy atom. The van der Waals surface area contributed by atoms with E-state index in [4.69, 9.17) is 26.2 Å². The van der Waals surface area contributed by atoms with E-state index in [0.29, 0.717) is 56.8 Å². The molecular formula is C29H35N9O3. The number of nitrogens with zero attached hydrogens (tertiary/aromatic N) is 4. The van der Waals surface area contributed by atoms with Crippen LogP contribution in [0.15, 0.2) is 47.5 Å². The van der Waals surface area contributed by atoms with Gasteiger partial charge in [-0.2, -0.15) is 0 Å². The minimum absolute atomic E-state index is 0.00171. The van der Waals surface area contributed by atoms with Gasteiger partial charge < -0.3 is 36.4 Å². The first-order valence-corrected chi connectivity index (χ1v) is 13.8. The fourth-order valence-electron chi connectivity index (χ4n) is 5.00. The van der Waals surface area contributed by atoms with Crippen molar-refractivity contribution in [2.45, 2.75) is 45.6 Å². The molecule has 1 aliphatic rings. The maximum absolute atomic E-state index is 12.9. The molecule has 7 N–H and O–H groups in total. The van der Waals surface area contributed by atoms with Gasteiger partial charge in [0.25, 0.3) is 0 Å². The van der Waals surface area contributed by atoms with Crippen LogP contribution in [0.1, 0.15) is 65.1 Å². The van der Waals surface area contributed by atoms with Crippen LogP contribution < -0.4 is 16.8 Å². The number of urea groups is 1. The highest BCUT2D eigenvalue weighted by Gasteiger charge is 2.26. The number of guanidine groups is 1. The molecule has 3 heterocycles. The number of aryl methyl sites for hydroxylation is 1. The number of rotatable bonds is 9. The predicted molar refractivity (Wildman–Crippen MR) is 156 cm³/mol. The summed E-state index contributed by atoms with van der Waals surface area (Å²) in [5.41, 5.74) is 16.7. The average Bonchev–Trinajstić information content (AvgIpc) is 3.58. The van der Waals surface area contributed by atoms with Crippen LogP contribution in [0, 0.1) is 0 Å². The molecule has 12 nitrogen and oxygen atoms in total. The average molecular weight is 558 g/mol. The van der Waals surface area contributed by atoms with Crippen molar-refractivity contribution in [1.29, 1.82) is 0 Å². The second-order valence-corrected chi connectivity index (χ2v) is 10.0. The van der Waals surface area contributed by atoms with Crippen LogP contribution in [0.25, 0.3) is 11.0 Å². The number of hydrogen-bond acceptors (Lipinski definition) is 6. The molecule has 0 fully saturated rings. The summed E-state index contributed by atoms with van der Waals surface area (Å²) in [5.74, 6) is 1.13. The van der Waals surface area contributed by atoms with Gasteiger partial charge in [0.05, 0.1) is 52.7 Å². The Morgan fingerprint density at radius 1 is 1.15 bits per heavy atom. The Labute approximate surface area is 237 Å². The molecule has 1 unspecified atom stereocenters. The molecule has 214 valence electrons. The van der Waals surface area contributed by atoms with Crippen molar-refractivity contribution in [2.24, 2.45) is 16.5 Å². The summed E-state index contributed by atoms with van der Waals surface area (Å²) >= 11 is 0. The summed E-state index contributed by atoms with van der Waals surface area (Å²) in [4.78, 5) is 47.3. The number of ether oxygens (including phenoxy) is 1. The van der Waals surface area contributed by atoms with E-state index in [2.05, 4.69) is 20.3 Å². The summed E-state index contributed by atoms with van der Waals surface area (Å²) in [6, 6.07) is 12.8. The number of hydrogen-bond donors (Lipinski definition) is 5. The van der Waals surface area contributed by atoms with E-state index in [1.54, 1.807) is 17.9 Å². The third-order valence-corrected chi connectivity index (χ3v) is 7.11. The highest BCUT2D eigenvalue weighted by atomic mass is 16.5. The summed E-state index contributed by atoms with van der Waals surface area (Å²) in [6.07, 6.45) is 2.04. The number of aromatic amines is 2. The van der Waals surface area contributed by atoms with Crippen molar-refractivity contribution in [3.05, 3.63) is 76.6 Å². The molecule has 2 amide bonds. The molecule has 1 atom stereocenters. The van der Waals surface area contributed by atoms with Gasteiger partial charge in [0, 0.05) is 19.5 Å². The molecule has 5 rings (SSSR count). The second-order valence-electron chi connectivity index (χ2n) is 10.0. The smallest absolute Gasteiger partial charge is 0.338 e. The lowest BCUT2D eigenvalue weighted by atomic mass is 10.0. The summed E-state index contributed by atoms with van der Waals surface area (Å²) in [5, 5.41) is 3.01. The van der Waals surface area contributed by atoms with E-state index in [9.17, 15) is 9.59 Å². The Bertz CT molecular complexity index is 1590. The number of amides is 2. The summed E-state index contributed by atoms with van der Waals surface area (Å²) in [7, 11) is 0. The molecule has 0 radical (unpaired) electrons. The molecule has 0 aliphatic carbocycles. The number of aliphatic imine (C=N–C) groups is 1. The zero-order valence-electron chi connectivity index (χ0n) is 23.2. The van der Waals surface area contributed by atoms with Gasteiger partial charge in [-0.15, -0.1) is 0 Å². The normalized spacial score (nSPS) is 13.5. The lowest BCUT2D eigenvalue weighted by Gasteiger charge is -2.26. The van der Waals surface area contributed by atoms with E-state index in [-0.39, 0.29) is 23.9 Å². The van der Waals surface area contributed by atoms with Crippen molar-refractivity contribution >= 4 is 34.7 Å². The first kappa shape index (κ1) is 27.7. The number of carbonyl (C=O) groups is 2. The first-order valence-electron chi connectivity index (χ1n) is 13.8.